The highest BCUT2D eigenvalue weighted by Gasteiger charge is 2.13. The molecule has 0 aliphatic carbocycles. The number of halogens is 4. The number of nitrogens with one attached hydrogen (secondary N) is 2. The molecule has 0 radical (unpaired) electrons. The van der Waals surface area contributed by atoms with Crippen molar-refractivity contribution in [3.8, 4) is 0 Å². The average Bonchev–Trinajstić information content (AvgIpc) is 3.05. The van der Waals surface area contributed by atoms with Gasteiger partial charge in [-0.05, 0) is 24.3 Å². The van der Waals surface area contributed by atoms with Crippen LogP contribution in [0.4, 0.5) is 11.6 Å². The maximum atomic E-state index is 12.1. The Bertz CT molecular complexity index is 1110. The Labute approximate surface area is 195 Å². The molecule has 1 heterocycles. The van der Waals surface area contributed by atoms with Crippen LogP contribution in [-0.4, -0.2) is 32.7 Å². The third-order valence-electron chi connectivity index (χ3n) is 3.55. The average molecular weight is 505 g/mol. The quantitative estimate of drug-likeness (QED) is 0.185. The summed E-state index contributed by atoms with van der Waals surface area (Å²) in [5.41, 5.74) is 3.73. The van der Waals surface area contributed by atoms with Crippen LogP contribution in [0.1, 0.15) is 5.56 Å². The van der Waals surface area contributed by atoms with Gasteiger partial charge in [-0.3, -0.25) is 4.79 Å². The van der Waals surface area contributed by atoms with E-state index >= 15 is 0 Å². The normalized spacial score (nSPS) is 11.1. The van der Waals surface area contributed by atoms with Crippen molar-refractivity contribution in [1.82, 2.24) is 14.9 Å². The zero-order valence-corrected chi connectivity index (χ0v) is 18.8. The van der Waals surface area contributed by atoms with Crippen molar-refractivity contribution in [1.29, 1.82) is 0 Å². The Morgan fingerprint density at radius 2 is 1.97 bits per heavy atom. The SMILES string of the molecule is Nn1c(N/N=C/c2cccc(Cl)c2Cl)nnc1SCC(=O)Nc1ccc(Cl)cc1Cl. The van der Waals surface area contributed by atoms with Gasteiger partial charge in [0.2, 0.25) is 11.1 Å². The van der Waals surface area contributed by atoms with Crippen molar-refractivity contribution in [3.63, 3.8) is 0 Å². The zero-order chi connectivity index (χ0) is 21.7. The van der Waals surface area contributed by atoms with Crippen LogP contribution in [0.3, 0.4) is 0 Å². The Hall–Kier alpha value is -2.17. The standard InChI is InChI=1S/C17H13Cl4N7OS/c18-10-4-5-13(12(20)6-10)24-14(29)8-30-17-27-26-16(28(17)22)25-23-7-9-2-1-3-11(19)15(9)21/h1-7H,8,22H2,(H,24,29)(H,25,26)/b23-7+. The van der Waals surface area contributed by atoms with Gasteiger partial charge < -0.3 is 11.2 Å². The number of rotatable bonds is 7. The molecule has 13 heteroatoms. The third kappa shape index (κ3) is 5.71. The van der Waals surface area contributed by atoms with Crippen LogP contribution in [-0.2, 0) is 4.79 Å². The molecule has 0 unspecified atom stereocenters. The van der Waals surface area contributed by atoms with Gasteiger partial charge in [-0.1, -0.05) is 70.3 Å². The fraction of sp³-hybridized carbons (Fsp3) is 0.0588. The van der Waals surface area contributed by atoms with Gasteiger partial charge in [0.1, 0.15) is 0 Å². The summed E-state index contributed by atoms with van der Waals surface area (Å²) in [6.07, 6.45) is 1.47. The van der Waals surface area contributed by atoms with Crippen LogP contribution in [0, 0.1) is 0 Å². The molecule has 0 atom stereocenters. The lowest BCUT2D eigenvalue weighted by Gasteiger charge is -2.07. The molecule has 2 aromatic carbocycles. The first-order valence-corrected chi connectivity index (χ1v) is 10.7. The fourth-order valence-corrected chi connectivity index (χ4v) is 3.61. The van der Waals surface area contributed by atoms with Gasteiger partial charge in [-0.2, -0.15) is 5.10 Å². The van der Waals surface area contributed by atoms with E-state index in [1.807, 2.05) is 0 Å². The number of nitrogens with zero attached hydrogens (tertiary/aromatic N) is 4. The van der Waals surface area contributed by atoms with Gasteiger partial charge in [-0.25, -0.2) is 10.1 Å². The summed E-state index contributed by atoms with van der Waals surface area (Å²) in [7, 11) is 0. The predicted molar refractivity (Wildman–Crippen MR) is 124 cm³/mol. The lowest BCUT2D eigenvalue weighted by Crippen LogP contribution is -2.17. The van der Waals surface area contributed by atoms with Gasteiger partial charge in [0.05, 0.1) is 32.7 Å². The van der Waals surface area contributed by atoms with Crippen LogP contribution in [0.15, 0.2) is 46.7 Å². The number of carbonyl (C=O) groups excluding carboxylic acids is 1. The van der Waals surface area contributed by atoms with E-state index in [9.17, 15) is 4.79 Å². The first-order valence-electron chi connectivity index (χ1n) is 8.16. The first-order chi connectivity index (χ1) is 14.3. The van der Waals surface area contributed by atoms with Crippen LogP contribution >= 0.6 is 58.2 Å². The number of hydrogen-bond acceptors (Lipinski definition) is 7. The van der Waals surface area contributed by atoms with E-state index in [-0.39, 0.29) is 17.6 Å². The summed E-state index contributed by atoms with van der Waals surface area (Å²) < 4.78 is 1.17. The third-order valence-corrected chi connectivity index (χ3v) is 5.88. The van der Waals surface area contributed by atoms with Crippen molar-refractivity contribution in [2.24, 2.45) is 5.10 Å². The van der Waals surface area contributed by atoms with E-state index in [4.69, 9.17) is 52.2 Å². The van der Waals surface area contributed by atoms with E-state index in [2.05, 4.69) is 26.0 Å². The molecule has 0 saturated carbocycles. The lowest BCUT2D eigenvalue weighted by atomic mass is 10.2. The van der Waals surface area contributed by atoms with Gasteiger partial charge in [0.25, 0.3) is 5.95 Å². The Morgan fingerprint density at radius 1 is 1.17 bits per heavy atom. The molecular formula is C17H13Cl4N7OS. The maximum Gasteiger partial charge on any atom is 0.264 e. The number of carbonyl (C=O) groups is 1. The molecule has 1 amide bonds. The lowest BCUT2D eigenvalue weighted by molar-refractivity contribution is -0.113. The molecule has 3 aromatic rings. The topological polar surface area (TPSA) is 110 Å². The Morgan fingerprint density at radius 3 is 2.73 bits per heavy atom. The summed E-state index contributed by atoms with van der Waals surface area (Å²) in [6.45, 7) is 0. The highest BCUT2D eigenvalue weighted by Crippen LogP contribution is 2.26. The van der Waals surface area contributed by atoms with Crippen LogP contribution in [0.5, 0.6) is 0 Å². The summed E-state index contributed by atoms with van der Waals surface area (Å²) in [5.74, 6) is 5.85. The van der Waals surface area contributed by atoms with Crippen LogP contribution in [0.25, 0.3) is 0 Å². The van der Waals surface area contributed by atoms with Gasteiger partial charge >= 0.3 is 0 Å². The number of hydrazone groups is 1. The molecule has 0 aliphatic rings. The molecule has 0 fully saturated rings. The minimum atomic E-state index is -0.296. The second-order valence-corrected chi connectivity index (χ2v) is 8.22. The Balaban J connectivity index is 1.56. The molecule has 0 aliphatic heterocycles. The Kier molecular flexibility index (Phi) is 7.68. The van der Waals surface area contributed by atoms with Gasteiger partial charge in [0, 0.05) is 10.6 Å². The summed E-state index contributed by atoms with van der Waals surface area (Å²) in [4.78, 5) is 12.1. The van der Waals surface area contributed by atoms with Crippen molar-refractivity contribution in [2.45, 2.75) is 5.16 Å². The van der Waals surface area contributed by atoms with E-state index in [1.165, 1.54) is 17.0 Å². The first kappa shape index (κ1) is 22.5. The van der Waals surface area contributed by atoms with E-state index in [0.717, 1.165) is 11.8 Å². The molecule has 0 saturated heterocycles. The second kappa shape index (κ2) is 10.2. The number of anilines is 2. The van der Waals surface area contributed by atoms with Crippen LogP contribution in [0.2, 0.25) is 20.1 Å². The van der Waals surface area contributed by atoms with E-state index < -0.39 is 0 Å². The molecule has 30 heavy (non-hydrogen) atoms. The number of thioether (sulfide) groups is 1. The van der Waals surface area contributed by atoms with E-state index in [0.29, 0.717) is 36.5 Å². The smallest absolute Gasteiger partial charge is 0.264 e. The van der Waals surface area contributed by atoms with Crippen LogP contribution < -0.4 is 16.6 Å². The second-order valence-electron chi connectivity index (χ2n) is 5.65. The number of benzene rings is 2. The number of hydrogen-bond donors (Lipinski definition) is 3. The van der Waals surface area contributed by atoms with Crippen molar-refractivity contribution >= 4 is 81.9 Å². The number of nitrogens with two attached hydrogens (primary N) is 1. The number of nitrogen functional groups attached to an aromatic ring is 1. The van der Waals surface area contributed by atoms with E-state index in [1.54, 1.807) is 30.3 Å². The predicted octanol–water partition coefficient (Wildman–Crippen LogP) is 4.78. The highest BCUT2D eigenvalue weighted by molar-refractivity contribution is 7.99. The molecule has 0 spiro atoms. The van der Waals surface area contributed by atoms with Gasteiger partial charge in [0.15, 0.2) is 0 Å². The number of amides is 1. The summed E-state index contributed by atoms with van der Waals surface area (Å²) in [6, 6.07) is 9.95. The highest BCUT2D eigenvalue weighted by atomic mass is 35.5. The minimum Gasteiger partial charge on any atom is -0.334 e. The molecular weight excluding hydrogens is 492 g/mol. The summed E-state index contributed by atoms with van der Waals surface area (Å²) in [5, 5.41) is 16.4. The minimum absolute atomic E-state index is 0.0374. The molecule has 1 aromatic heterocycles. The molecule has 3 rings (SSSR count). The molecule has 156 valence electrons. The molecule has 8 nitrogen and oxygen atoms in total. The molecule has 4 N–H and O–H groups in total. The number of aromatic nitrogens is 3. The largest absolute Gasteiger partial charge is 0.334 e. The van der Waals surface area contributed by atoms with Crippen molar-refractivity contribution < 1.29 is 4.79 Å². The fourth-order valence-electron chi connectivity index (χ4n) is 2.14. The maximum absolute atomic E-state index is 12.1. The summed E-state index contributed by atoms with van der Waals surface area (Å²) >= 11 is 25.0. The van der Waals surface area contributed by atoms with Gasteiger partial charge in [-0.15, -0.1) is 10.2 Å². The van der Waals surface area contributed by atoms with Crippen molar-refractivity contribution in [3.05, 3.63) is 62.1 Å². The zero-order valence-electron chi connectivity index (χ0n) is 14.9. The van der Waals surface area contributed by atoms with Crippen molar-refractivity contribution in [2.75, 3.05) is 22.3 Å². The monoisotopic (exact) mass is 503 g/mol. The molecule has 0 bridgehead atoms.